The van der Waals surface area contributed by atoms with Crippen molar-refractivity contribution in [3.63, 3.8) is 0 Å². The van der Waals surface area contributed by atoms with Gasteiger partial charge in [0.15, 0.2) is 0 Å². The summed E-state index contributed by atoms with van der Waals surface area (Å²) in [5, 5.41) is 17.0. The quantitative estimate of drug-likeness (QED) is 0.652. The summed E-state index contributed by atoms with van der Waals surface area (Å²) < 4.78 is 0. The smallest absolute Gasteiger partial charge is 0.292 e. The van der Waals surface area contributed by atoms with E-state index in [1.807, 2.05) is 0 Å². The van der Waals surface area contributed by atoms with E-state index < -0.39 is 4.92 Å². The van der Waals surface area contributed by atoms with E-state index in [1.165, 1.54) is 23.6 Å². The maximum atomic E-state index is 11.4. The number of rotatable bonds is 5. The van der Waals surface area contributed by atoms with Crippen molar-refractivity contribution < 1.29 is 9.72 Å². The first-order valence-electron chi connectivity index (χ1n) is 6.37. The molecule has 2 rings (SSSR count). The largest absolute Gasteiger partial charge is 0.383 e. The average Bonchev–Trinajstić information content (AvgIpc) is 3.00. The fraction of sp³-hybridized carbons (Fsp3) is 0.143. The average molecular weight is 318 g/mol. The fourth-order valence-corrected chi connectivity index (χ4v) is 2.54. The van der Waals surface area contributed by atoms with Crippen molar-refractivity contribution in [1.29, 1.82) is 0 Å². The molecule has 2 N–H and O–H groups in total. The lowest BCUT2D eigenvalue weighted by Crippen LogP contribution is -2.16. The van der Waals surface area contributed by atoms with E-state index in [0.29, 0.717) is 21.1 Å². The van der Waals surface area contributed by atoms with E-state index in [1.54, 1.807) is 38.4 Å². The first-order valence-corrected chi connectivity index (χ1v) is 7.19. The summed E-state index contributed by atoms with van der Waals surface area (Å²) in [5.41, 5.74) is 1.15. The lowest BCUT2D eigenvalue weighted by Gasteiger charge is -2.02. The van der Waals surface area contributed by atoms with E-state index in [9.17, 15) is 14.9 Å². The van der Waals surface area contributed by atoms with Gasteiger partial charge in [0.2, 0.25) is 0 Å². The summed E-state index contributed by atoms with van der Waals surface area (Å²) in [7, 11) is 3.19. The van der Waals surface area contributed by atoms with Gasteiger partial charge in [-0.25, -0.2) is 4.98 Å². The van der Waals surface area contributed by atoms with Crippen molar-refractivity contribution in [1.82, 2.24) is 10.3 Å². The van der Waals surface area contributed by atoms with Crippen LogP contribution in [-0.2, 0) is 0 Å². The normalized spacial score (nSPS) is 10.6. The molecule has 0 fully saturated rings. The number of thiazole rings is 1. The number of nitro benzene ring substituents is 1. The van der Waals surface area contributed by atoms with Gasteiger partial charge in [0, 0.05) is 20.2 Å². The second-order valence-electron chi connectivity index (χ2n) is 4.26. The van der Waals surface area contributed by atoms with Crippen LogP contribution in [0.3, 0.4) is 0 Å². The summed E-state index contributed by atoms with van der Waals surface area (Å²) in [6.07, 6.45) is 4.93. The Morgan fingerprint density at radius 3 is 2.77 bits per heavy atom. The van der Waals surface area contributed by atoms with Gasteiger partial charge in [-0.2, -0.15) is 0 Å². The maximum Gasteiger partial charge on any atom is 0.292 e. The third-order valence-electron chi connectivity index (χ3n) is 2.88. The molecule has 8 heteroatoms. The van der Waals surface area contributed by atoms with Gasteiger partial charge in [-0.05, 0) is 17.7 Å². The number of nitrogens with zero attached hydrogens (tertiary/aromatic N) is 2. The van der Waals surface area contributed by atoms with E-state index in [-0.39, 0.29) is 11.6 Å². The molecule has 1 aromatic carbocycles. The molecule has 0 aliphatic carbocycles. The van der Waals surface area contributed by atoms with Gasteiger partial charge in [0.05, 0.1) is 11.1 Å². The Morgan fingerprint density at radius 1 is 1.36 bits per heavy atom. The van der Waals surface area contributed by atoms with Crippen LogP contribution in [0.4, 0.5) is 11.4 Å². The van der Waals surface area contributed by atoms with Crippen molar-refractivity contribution in [2.24, 2.45) is 0 Å². The number of nitrogens with one attached hydrogen (secondary N) is 2. The van der Waals surface area contributed by atoms with Crippen LogP contribution in [0.5, 0.6) is 0 Å². The molecule has 0 saturated heterocycles. The number of carbonyl (C=O) groups is 1. The van der Waals surface area contributed by atoms with Crippen LogP contribution >= 0.6 is 11.3 Å². The Balaban J connectivity index is 2.23. The van der Waals surface area contributed by atoms with Gasteiger partial charge < -0.3 is 10.6 Å². The first-order chi connectivity index (χ1) is 10.5. The Kier molecular flexibility index (Phi) is 4.84. The van der Waals surface area contributed by atoms with Crippen LogP contribution in [0.15, 0.2) is 24.4 Å². The summed E-state index contributed by atoms with van der Waals surface area (Å²) in [6.45, 7) is 0. The van der Waals surface area contributed by atoms with Crippen LogP contribution in [0.1, 0.15) is 20.2 Å². The Morgan fingerprint density at radius 2 is 2.14 bits per heavy atom. The standard InChI is InChI=1S/C14H14N4O3S/c1-15-10-5-3-9(7-11(10)18(20)21)4-6-13-17-8-12(22-13)14(19)16-2/h3-8,15H,1-2H3,(H,16,19)/b6-4+. The molecule has 0 radical (unpaired) electrons. The van der Waals surface area contributed by atoms with Crippen LogP contribution in [-0.4, -0.2) is 29.9 Å². The third-order valence-corrected chi connectivity index (χ3v) is 3.84. The number of amides is 1. The minimum atomic E-state index is -0.434. The summed E-state index contributed by atoms with van der Waals surface area (Å²) in [5.74, 6) is -0.189. The maximum absolute atomic E-state index is 11.4. The lowest BCUT2D eigenvalue weighted by molar-refractivity contribution is -0.383. The Labute approximate surface area is 130 Å². The third kappa shape index (κ3) is 3.47. The Hall–Kier alpha value is -2.74. The molecule has 0 unspecified atom stereocenters. The highest BCUT2D eigenvalue weighted by Crippen LogP contribution is 2.26. The van der Waals surface area contributed by atoms with E-state index in [4.69, 9.17) is 0 Å². The number of aromatic nitrogens is 1. The summed E-state index contributed by atoms with van der Waals surface area (Å²) >= 11 is 1.25. The van der Waals surface area contributed by atoms with E-state index in [2.05, 4.69) is 15.6 Å². The molecule has 0 aliphatic rings. The number of hydrogen-bond acceptors (Lipinski definition) is 6. The molecule has 7 nitrogen and oxygen atoms in total. The molecule has 0 bridgehead atoms. The van der Waals surface area contributed by atoms with Gasteiger partial charge in [-0.3, -0.25) is 14.9 Å². The minimum absolute atomic E-state index is 0.00911. The molecule has 0 saturated carbocycles. The zero-order valence-corrected chi connectivity index (χ0v) is 12.8. The number of benzene rings is 1. The molecule has 1 heterocycles. The van der Waals surface area contributed by atoms with Crippen molar-refractivity contribution >= 4 is 40.8 Å². The lowest BCUT2D eigenvalue weighted by atomic mass is 10.1. The molecule has 22 heavy (non-hydrogen) atoms. The molecule has 2 aromatic rings. The highest BCUT2D eigenvalue weighted by Gasteiger charge is 2.12. The molecule has 0 atom stereocenters. The van der Waals surface area contributed by atoms with E-state index >= 15 is 0 Å². The van der Waals surface area contributed by atoms with Gasteiger partial charge >= 0.3 is 0 Å². The zero-order chi connectivity index (χ0) is 16.1. The monoisotopic (exact) mass is 318 g/mol. The zero-order valence-electron chi connectivity index (χ0n) is 12.0. The van der Waals surface area contributed by atoms with Gasteiger partial charge in [0.1, 0.15) is 15.6 Å². The number of carbonyl (C=O) groups excluding carboxylic acids is 1. The SMILES string of the molecule is CNC(=O)c1cnc(/C=C/c2ccc(NC)c([N+](=O)[O-])c2)s1. The Bertz CT molecular complexity index is 739. The fourth-order valence-electron chi connectivity index (χ4n) is 1.78. The van der Waals surface area contributed by atoms with Gasteiger partial charge in [-0.15, -0.1) is 11.3 Å². The predicted octanol–water partition coefficient (Wildman–Crippen LogP) is 2.62. The van der Waals surface area contributed by atoms with Crippen molar-refractivity contribution in [2.75, 3.05) is 19.4 Å². The second-order valence-corrected chi connectivity index (χ2v) is 5.32. The van der Waals surface area contributed by atoms with Gasteiger partial charge in [-0.1, -0.05) is 12.1 Å². The van der Waals surface area contributed by atoms with Crippen LogP contribution in [0, 0.1) is 10.1 Å². The first kappa shape index (κ1) is 15.6. The highest BCUT2D eigenvalue weighted by atomic mass is 32.1. The molecular formula is C14H14N4O3S. The number of hydrogen-bond donors (Lipinski definition) is 2. The summed E-state index contributed by atoms with van der Waals surface area (Å²) in [4.78, 5) is 26.6. The molecule has 0 spiro atoms. The van der Waals surface area contributed by atoms with Crippen LogP contribution < -0.4 is 10.6 Å². The summed E-state index contributed by atoms with van der Waals surface area (Å²) in [6, 6.07) is 4.90. The highest BCUT2D eigenvalue weighted by molar-refractivity contribution is 7.14. The van der Waals surface area contributed by atoms with E-state index in [0.717, 1.165) is 0 Å². The topological polar surface area (TPSA) is 97.2 Å². The minimum Gasteiger partial charge on any atom is -0.383 e. The van der Waals surface area contributed by atoms with Crippen molar-refractivity contribution in [2.45, 2.75) is 0 Å². The second kappa shape index (κ2) is 6.81. The molecule has 0 aliphatic heterocycles. The van der Waals surface area contributed by atoms with Crippen LogP contribution in [0.2, 0.25) is 0 Å². The van der Waals surface area contributed by atoms with Crippen molar-refractivity contribution in [3.8, 4) is 0 Å². The molecule has 1 amide bonds. The van der Waals surface area contributed by atoms with Crippen molar-refractivity contribution in [3.05, 3.63) is 50.0 Å². The number of nitro groups is 1. The number of anilines is 1. The van der Waals surface area contributed by atoms with Gasteiger partial charge in [0.25, 0.3) is 11.6 Å². The molecule has 114 valence electrons. The molecule has 1 aromatic heterocycles. The molecular weight excluding hydrogens is 304 g/mol. The van der Waals surface area contributed by atoms with Crippen LogP contribution in [0.25, 0.3) is 12.2 Å². The predicted molar refractivity (Wildman–Crippen MR) is 87.1 cm³/mol.